The molecule has 8 nitrogen and oxygen atoms in total. The fraction of sp³-hybridized carbons (Fsp3) is 0.538. The summed E-state index contributed by atoms with van der Waals surface area (Å²) in [5.41, 5.74) is 0. The van der Waals surface area contributed by atoms with Crippen molar-refractivity contribution in [2.45, 2.75) is 6.42 Å². The highest BCUT2D eigenvalue weighted by molar-refractivity contribution is 5.90. The lowest BCUT2D eigenvalue weighted by molar-refractivity contribution is -0.148. The number of nitrogens with one attached hydrogen (secondary N) is 2. The summed E-state index contributed by atoms with van der Waals surface area (Å²) in [6.45, 7) is -0.890. The molecule has 2 aliphatic rings. The van der Waals surface area contributed by atoms with E-state index in [1.54, 1.807) is 0 Å². The van der Waals surface area contributed by atoms with Gasteiger partial charge < -0.3 is 20.8 Å². The van der Waals surface area contributed by atoms with Gasteiger partial charge in [-0.15, -0.1) is 0 Å². The predicted octanol–water partition coefficient (Wildman–Crippen LogP) is -1.17. The SMILES string of the molecule is O=C(O)CNC(=O)CNC(=O)[C@H]1[C@@H](C(=O)O)[C@H]2C=C[C@H]1C2. The molecule has 0 aromatic heterocycles. The Hall–Kier alpha value is -2.38. The van der Waals surface area contributed by atoms with Crippen LogP contribution in [-0.4, -0.2) is 47.1 Å². The molecule has 2 amide bonds. The van der Waals surface area contributed by atoms with Gasteiger partial charge in [0.2, 0.25) is 11.8 Å². The van der Waals surface area contributed by atoms with Crippen molar-refractivity contribution in [3.05, 3.63) is 12.2 Å². The molecule has 4 N–H and O–H groups in total. The first kappa shape index (κ1) is 15.0. The van der Waals surface area contributed by atoms with Gasteiger partial charge in [-0.25, -0.2) is 0 Å². The monoisotopic (exact) mass is 296 g/mol. The van der Waals surface area contributed by atoms with Crippen molar-refractivity contribution in [1.29, 1.82) is 0 Å². The van der Waals surface area contributed by atoms with Crippen LogP contribution in [0.1, 0.15) is 6.42 Å². The van der Waals surface area contributed by atoms with Crippen LogP contribution < -0.4 is 10.6 Å². The van der Waals surface area contributed by atoms with Gasteiger partial charge >= 0.3 is 11.9 Å². The third kappa shape index (κ3) is 3.21. The lowest BCUT2D eigenvalue weighted by atomic mass is 9.82. The lowest BCUT2D eigenvalue weighted by Crippen LogP contribution is -2.44. The van der Waals surface area contributed by atoms with E-state index in [4.69, 9.17) is 5.11 Å². The molecule has 1 fully saturated rings. The minimum Gasteiger partial charge on any atom is -0.481 e. The number of allylic oxidation sites excluding steroid dienone is 2. The molecular weight excluding hydrogens is 280 g/mol. The first-order valence-electron chi connectivity index (χ1n) is 6.57. The summed E-state index contributed by atoms with van der Waals surface area (Å²) in [4.78, 5) is 45.0. The molecular formula is C13H16N2O6. The molecule has 0 aromatic carbocycles. The van der Waals surface area contributed by atoms with Crippen LogP contribution in [0, 0.1) is 23.7 Å². The van der Waals surface area contributed by atoms with Gasteiger partial charge in [0.1, 0.15) is 6.54 Å². The quantitative estimate of drug-likeness (QED) is 0.456. The summed E-state index contributed by atoms with van der Waals surface area (Å²) in [6, 6.07) is 0. The lowest BCUT2D eigenvalue weighted by Gasteiger charge is -2.23. The second-order valence-corrected chi connectivity index (χ2v) is 5.23. The molecule has 114 valence electrons. The van der Waals surface area contributed by atoms with Crippen molar-refractivity contribution in [3.8, 4) is 0 Å². The van der Waals surface area contributed by atoms with Gasteiger partial charge in [-0.2, -0.15) is 0 Å². The maximum atomic E-state index is 12.1. The van der Waals surface area contributed by atoms with E-state index in [2.05, 4.69) is 10.6 Å². The Morgan fingerprint density at radius 1 is 0.952 bits per heavy atom. The van der Waals surface area contributed by atoms with Crippen LogP contribution in [0.4, 0.5) is 0 Å². The number of carboxylic acids is 2. The van der Waals surface area contributed by atoms with E-state index in [9.17, 15) is 24.3 Å². The molecule has 21 heavy (non-hydrogen) atoms. The Balaban J connectivity index is 1.88. The first-order valence-corrected chi connectivity index (χ1v) is 6.57. The molecule has 2 aliphatic carbocycles. The maximum Gasteiger partial charge on any atom is 0.322 e. The highest BCUT2D eigenvalue weighted by Gasteiger charge is 2.51. The molecule has 2 bridgehead atoms. The van der Waals surface area contributed by atoms with Crippen LogP contribution in [0.5, 0.6) is 0 Å². The fourth-order valence-corrected chi connectivity index (χ4v) is 3.04. The standard InChI is InChI=1S/C13H16N2O6/c16-8(14-5-9(17)18)4-15-12(19)10-6-1-2-7(3-6)11(10)13(20)21/h1-2,6-7,10-11H,3-5H2,(H,14,16)(H,15,19)(H,17,18)(H,20,21)/t6-,7-,10+,11-/m0/s1. The number of amides is 2. The molecule has 1 saturated carbocycles. The number of hydrogen-bond donors (Lipinski definition) is 4. The minimum atomic E-state index is -1.18. The summed E-state index contributed by atoms with van der Waals surface area (Å²) >= 11 is 0. The van der Waals surface area contributed by atoms with E-state index in [1.165, 1.54) is 0 Å². The second kappa shape index (κ2) is 5.94. The third-order valence-corrected chi connectivity index (χ3v) is 3.91. The molecule has 4 atom stereocenters. The molecule has 0 radical (unpaired) electrons. The zero-order valence-corrected chi connectivity index (χ0v) is 11.1. The van der Waals surface area contributed by atoms with E-state index in [-0.39, 0.29) is 18.4 Å². The fourth-order valence-electron chi connectivity index (χ4n) is 3.04. The molecule has 0 aliphatic heterocycles. The van der Waals surface area contributed by atoms with Gasteiger partial charge in [0.25, 0.3) is 0 Å². The maximum absolute atomic E-state index is 12.1. The summed E-state index contributed by atoms with van der Waals surface area (Å²) in [5, 5.41) is 22.1. The zero-order valence-electron chi connectivity index (χ0n) is 11.1. The largest absolute Gasteiger partial charge is 0.481 e. The molecule has 0 saturated heterocycles. The average Bonchev–Trinajstić information content (AvgIpc) is 3.02. The van der Waals surface area contributed by atoms with Gasteiger partial charge in [0, 0.05) is 0 Å². The van der Waals surface area contributed by atoms with Gasteiger partial charge in [-0.1, -0.05) is 12.2 Å². The van der Waals surface area contributed by atoms with Gasteiger partial charge in [0.05, 0.1) is 18.4 Å². The normalized spacial score (nSPS) is 29.1. The Kier molecular flexibility index (Phi) is 4.25. The summed E-state index contributed by atoms with van der Waals surface area (Å²) in [7, 11) is 0. The van der Waals surface area contributed by atoms with Crippen LogP contribution in [0.15, 0.2) is 12.2 Å². The van der Waals surface area contributed by atoms with E-state index < -0.39 is 42.1 Å². The van der Waals surface area contributed by atoms with Crippen LogP contribution in [0.2, 0.25) is 0 Å². The van der Waals surface area contributed by atoms with Crippen LogP contribution in [-0.2, 0) is 19.2 Å². The number of carboxylic acid groups (broad SMARTS) is 2. The highest BCUT2D eigenvalue weighted by Crippen LogP contribution is 2.48. The van der Waals surface area contributed by atoms with Crippen molar-refractivity contribution in [3.63, 3.8) is 0 Å². The minimum absolute atomic E-state index is 0.113. The van der Waals surface area contributed by atoms with Crippen molar-refractivity contribution in [2.24, 2.45) is 23.7 Å². The Labute approximate surface area is 120 Å². The Bertz CT molecular complexity index is 515. The topological polar surface area (TPSA) is 133 Å². The number of carbonyl (C=O) groups excluding carboxylic acids is 2. The number of hydrogen-bond acceptors (Lipinski definition) is 4. The van der Waals surface area contributed by atoms with Gasteiger partial charge in [-0.3, -0.25) is 19.2 Å². The Morgan fingerprint density at radius 2 is 1.57 bits per heavy atom. The molecule has 0 unspecified atom stereocenters. The average molecular weight is 296 g/mol. The molecule has 0 spiro atoms. The van der Waals surface area contributed by atoms with E-state index >= 15 is 0 Å². The summed E-state index contributed by atoms with van der Waals surface area (Å²) in [6.07, 6.45) is 4.31. The van der Waals surface area contributed by atoms with Gasteiger partial charge in [0.15, 0.2) is 0 Å². The number of fused-ring (bicyclic) bond motifs is 2. The van der Waals surface area contributed by atoms with Crippen LogP contribution in [0.3, 0.4) is 0 Å². The summed E-state index contributed by atoms with van der Waals surface area (Å²) in [5.74, 6) is -4.99. The second-order valence-electron chi connectivity index (χ2n) is 5.23. The predicted molar refractivity (Wildman–Crippen MR) is 69.0 cm³/mol. The van der Waals surface area contributed by atoms with Gasteiger partial charge in [-0.05, 0) is 18.3 Å². The molecule has 8 heteroatoms. The van der Waals surface area contributed by atoms with Crippen LogP contribution in [0.25, 0.3) is 0 Å². The highest BCUT2D eigenvalue weighted by atomic mass is 16.4. The van der Waals surface area contributed by atoms with E-state index in [0.29, 0.717) is 6.42 Å². The molecule has 0 heterocycles. The van der Waals surface area contributed by atoms with Crippen molar-refractivity contribution >= 4 is 23.8 Å². The molecule has 2 rings (SSSR count). The number of aliphatic carboxylic acids is 2. The van der Waals surface area contributed by atoms with Crippen molar-refractivity contribution in [2.75, 3.05) is 13.1 Å². The van der Waals surface area contributed by atoms with Crippen LogP contribution >= 0.6 is 0 Å². The molecule has 0 aromatic rings. The number of rotatable bonds is 6. The first-order chi connectivity index (χ1) is 9.90. The van der Waals surface area contributed by atoms with E-state index in [0.717, 1.165) is 0 Å². The smallest absolute Gasteiger partial charge is 0.322 e. The van der Waals surface area contributed by atoms with Crippen molar-refractivity contribution in [1.82, 2.24) is 10.6 Å². The van der Waals surface area contributed by atoms with Crippen molar-refractivity contribution < 1.29 is 29.4 Å². The third-order valence-electron chi connectivity index (χ3n) is 3.91. The summed E-state index contributed by atoms with van der Waals surface area (Å²) < 4.78 is 0. The Morgan fingerprint density at radius 3 is 2.14 bits per heavy atom. The number of carbonyl (C=O) groups is 4. The zero-order chi connectivity index (χ0) is 15.6. The van der Waals surface area contributed by atoms with E-state index in [1.807, 2.05) is 12.2 Å².